The van der Waals surface area contributed by atoms with Gasteiger partial charge in [0.2, 0.25) is 11.8 Å². The zero-order chi connectivity index (χ0) is 13.6. The molecule has 1 N–H and O–H groups in total. The van der Waals surface area contributed by atoms with Crippen molar-refractivity contribution in [2.24, 2.45) is 5.92 Å². The normalized spacial score (nSPS) is 27.6. The summed E-state index contributed by atoms with van der Waals surface area (Å²) >= 11 is 7.38. The first kappa shape index (κ1) is 12.9. The van der Waals surface area contributed by atoms with Crippen molar-refractivity contribution in [2.75, 3.05) is 0 Å². The molecular weight excluding hydrogens is 284 g/mol. The number of amides is 2. The maximum absolute atomic E-state index is 12.3. The Balaban J connectivity index is 1.84. The molecule has 0 radical (unpaired) electrons. The number of halogens is 1. The topological polar surface area (TPSA) is 49.4 Å². The Kier molecular flexibility index (Phi) is 3.27. The second-order valence-electron chi connectivity index (χ2n) is 5.18. The summed E-state index contributed by atoms with van der Waals surface area (Å²) in [6, 6.07) is 3.01. The number of piperazine rings is 1. The van der Waals surface area contributed by atoms with Gasteiger partial charge in [0, 0.05) is 4.88 Å². The summed E-state index contributed by atoms with van der Waals surface area (Å²) in [5, 5.41) is 2.77. The van der Waals surface area contributed by atoms with E-state index in [0.29, 0.717) is 16.8 Å². The molecule has 102 valence electrons. The highest BCUT2D eigenvalue weighted by atomic mass is 35.5. The van der Waals surface area contributed by atoms with Crippen LogP contribution < -0.4 is 5.32 Å². The monoisotopic (exact) mass is 298 g/mol. The second-order valence-corrected chi connectivity index (χ2v) is 6.98. The SMILES string of the molecule is CC1NC(=O)C(C2CC2)N(Cc2ccc(Cl)s2)C1=O. The van der Waals surface area contributed by atoms with E-state index in [-0.39, 0.29) is 17.9 Å². The molecule has 0 bridgehead atoms. The van der Waals surface area contributed by atoms with E-state index in [2.05, 4.69) is 5.32 Å². The van der Waals surface area contributed by atoms with Gasteiger partial charge in [-0.05, 0) is 37.8 Å². The molecule has 2 aliphatic rings. The van der Waals surface area contributed by atoms with Gasteiger partial charge in [-0.15, -0.1) is 11.3 Å². The standard InChI is InChI=1S/C13H15ClN2O2S/c1-7-13(18)16(6-9-4-5-10(14)19-9)11(8-2-3-8)12(17)15-7/h4-5,7-8,11H,2-3,6H2,1H3,(H,15,17). The Morgan fingerprint density at radius 1 is 1.42 bits per heavy atom. The summed E-state index contributed by atoms with van der Waals surface area (Å²) in [6.45, 7) is 2.22. The molecule has 1 aliphatic heterocycles. The minimum atomic E-state index is -0.432. The second kappa shape index (κ2) is 4.80. The molecule has 3 rings (SSSR count). The van der Waals surface area contributed by atoms with E-state index < -0.39 is 6.04 Å². The maximum Gasteiger partial charge on any atom is 0.245 e. The van der Waals surface area contributed by atoms with Crippen LogP contribution in [0, 0.1) is 5.92 Å². The fourth-order valence-corrected chi connectivity index (χ4v) is 3.64. The highest BCUT2D eigenvalue weighted by Crippen LogP contribution is 2.38. The van der Waals surface area contributed by atoms with Gasteiger partial charge in [-0.1, -0.05) is 11.6 Å². The van der Waals surface area contributed by atoms with Crippen LogP contribution in [0.2, 0.25) is 4.34 Å². The lowest BCUT2D eigenvalue weighted by Crippen LogP contribution is -2.62. The summed E-state index contributed by atoms with van der Waals surface area (Å²) in [6.07, 6.45) is 2.06. The van der Waals surface area contributed by atoms with Gasteiger partial charge in [0.25, 0.3) is 0 Å². The lowest BCUT2D eigenvalue weighted by Gasteiger charge is -2.38. The van der Waals surface area contributed by atoms with Crippen molar-refractivity contribution >= 4 is 34.8 Å². The van der Waals surface area contributed by atoms with E-state index in [1.165, 1.54) is 11.3 Å². The Labute approximate surface area is 120 Å². The summed E-state index contributed by atoms with van der Waals surface area (Å²) in [5.74, 6) is 0.310. The van der Waals surface area contributed by atoms with Crippen LogP contribution in [0.1, 0.15) is 24.6 Å². The average Bonchev–Trinajstić information content (AvgIpc) is 3.09. The number of nitrogens with zero attached hydrogens (tertiary/aromatic N) is 1. The molecule has 1 aromatic rings. The first-order chi connectivity index (χ1) is 9.06. The zero-order valence-electron chi connectivity index (χ0n) is 10.6. The van der Waals surface area contributed by atoms with Crippen LogP contribution in [0.5, 0.6) is 0 Å². The van der Waals surface area contributed by atoms with Gasteiger partial charge in [0.05, 0.1) is 10.9 Å². The minimum Gasteiger partial charge on any atom is -0.343 e. The fraction of sp³-hybridized carbons (Fsp3) is 0.538. The van der Waals surface area contributed by atoms with E-state index in [9.17, 15) is 9.59 Å². The van der Waals surface area contributed by atoms with Gasteiger partial charge < -0.3 is 10.2 Å². The molecule has 1 saturated heterocycles. The molecule has 19 heavy (non-hydrogen) atoms. The number of nitrogens with one attached hydrogen (secondary N) is 1. The maximum atomic E-state index is 12.3. The van der Waals surface area contributed by atoms with Gasteiger partial charge in [-0.2, -0.15) is 0 Å². The van der Waals surface area contributed by atoms with Crippen molar-refractivity contribution in [3.63, 3.8) is 0 Å². The number of carbonyl (C=O) groups excluding carboxylic acids is 2. The predicted molar refractivity (Wildman–Crippen MR) is 74.0 cm³/mol. The van der Waals surface area contributed by atoms with Gasteiger partial charge in [-0.3, -0.25) is 9.59 Å². The van der Waals surface area contributed by atoms with Crippen LogP contribution in [0.15, 0.2) is 12.1 Å². The molecule has 6 heteroatoms. The van der Waals surface area contributed by atoms with Crippen molar-refractivity contribution in [3.8, 4) is 0 Å². The first-order valence-corrected chi connectivity index (χ1v) is 7.61. The lowest BCUT2D eigenvalue weighted by atomic mass is 10.0. The summed E-state index contributed by atoms with van der Waals surface area (Å²) in [5.41, 5.74) is 0. The number of hydrogen-bond acceptors (Lipinski definition) is 3. The number of thiophene rings is 1. The average molecular weight is 299 g/mol. The Morgan fingerprint density at radius 2 is 2.16 bits per heavy atom. The Hall–Kier alpha value is -1.07. The largest absolute Gasteiger partial charge is 0.343 e. The molecule has 0 aromatic carbocycles. The molecule has 0 spiro atoms. The third kappa shape index (κ3) is 2.49. The van der Waals surface area contributed by atoms with E-state index in [0.717, 1.165) is 17.7 Å². The molecule has 2 heterocycles. The minimum absolute atomic E-state index is 0.000947. The molecule has 1 aliphatic carbocycles. The molecule has 1 saturated carbocycles. The summed E-state index contributed by atoms with van der Waals surface area (Å²) < 4.78 is 0.708. The molecule has 4 nitrogen and oxygen atoms in total. The third-order valence-electron chi connectivity index (χ3n) is 3.64. The quantitative estimate of drug-likeness (QED) is 0.928. The van der Waals surface area contributed by atoms with Crippen LogP contribution in [0.3, 0.4) is 0 Å². The smallest absolute Gasteiger partial charge is 0.245 e. The van der Waals surface area contributed by atoms with Crippen LogP contribution in [-0.2, 0) is 16.1 Å². The molecule has 2 unspecified atom stereocenters. The number of rotatable bonds is 3. The molecule has 2 fully saturated rings. The number of carbonyl (C=O) groups is 2. The highest BCUT2D eigenvalue weighted by Gasteiger charge is 2.46. The summed E-state index contributed by atoms with van der Waals surface area (Å²) in [4.78, 5) is 27.2. The number of hydrogen-bond donors (Lipinski definition) is 1. The van der Waals surface area contributed by atoms with Crippen molar-refractivity contribution in [1.82, 2.24) is 10.2 Å². The van der Waals surface area contributed by atoms with Crippen LogP contribution in [0.4, 0.5) is 0 Å². The highest BCUT2D eigenvalue weighted by molar-refractivity contribution is 7.16. The summed E-state index contributed by atoms with van der Waals surface area (Å²) in [7, 11) is 0. The first-order valence-electron chi connectivity index (χ1n) is 6.41. The fourth-order valence-electron chi connectivity index (χ4n) is 2.55. The molecule has 2 amide bonds. The van der Waals surface area contributed by atoms with Crippen molar-refractivity contribution in [1.29, 1.82) is 0 Å². The predicted octanol–water partition coefficient (Wildman–Crippen LogP) is 2.03. The van der Waals surface area contributed by atoms with E-state index >= 15 is 0 Å². The lowest BCUT2D eigenvalue weighted by molar-refractivity contribution is -0.150. The van der Waals surface area contributed by atoms with Gasteiger partial charge >= 0.3 is 0 Å². The van der Waals surface area contributed by atoms with Crippen molar-refractivity contribution in [2.45, 2.75) is 38.4 Å². The van der Waals surface area contributed by atoms with E-state index in [4.69, 9.17) is 11.6 Å². The molecule has 1 aromatic heterocycles. The molecule has 2 atom stereocenters. The zero-order valence-corrected chi connectivity index (χ0v) is 12.1. The van der Waals surface area contributed by atoms with Crippen LogP contribution in [0.25, 0.3) is 0 Å². The van der Waals surface area contributed by atoms with Gasteiger partial charge in [0.15, 0.2) is 0 Å². The Morgan fingerprint density at radius 3 is 2.74 bits per heavy atom. The third-order valence-corrected chi connectivity index (χ3v) is 4.86. The van der Waals surface area contributed by atoms with Gasteiger partial charge in [-0.25, -0.2) is 0 Å². The Bertz CT molecular complexity index is 526. The van der Waals surface area contributed by atoms with E-state index in [1.54, 1.807) is 11.8 Å². The van der Waals surface area contributed by atoms with Gasteiger partial charge in [0.1, 0.15) is 12.1 Å². The van der Waals surface area contributed by atoms with Crippen molar-refractivity contribution < 1.29 is 9.59 Å². The van der Waals surface area contributed by atoms with Crippen LogP contribution in [-0.4, -0.2) is 28.8 Å². The van der Waals surface area contributed by atoms with Crippen molar-refractivity contribution in [3.05, 3.63) is 21.3 Å². The molecular formula is C13H15ClN2O2S. The van der Waals surface area contributed by atoms with E-state index in [1.807, 2.05) is 12.1 Å². The van der Waals surface area contributed by atoms with Crippen LogP contribution >= 0.6 is 22.9 Å².